The first-order chi connectivity index (χ1) is 4.81. The summed E-state index contributed by atoms with van der Waals surface area (Å²) in [5, 5.41) is 3.37. The van der Waals surface area contributed by atoms with Gasteiger partial charge >= 0.3 is 0 Å². The monoisotopic (exact) mass is 177 g/mol. The van der Waals surface area contributed by atoms with Crippen molar-refractivity contribution in [3.8, 4) is 0 Å². The Kier molecular flexibility index (Phi) is 12.3. The van der Waals surface area contributed by atoms with Crippen molar-refractivity contribution in [1.29, 1.82) is 0 Å². The van der Waals surface area contributed by atoms with Gasteiger partial charge < -0.3 is 5.32 Å². The lowest BCUT2D eigenvalue weighted by Gasteiger charge is -2.02. The Balaban J connectivity index is 0. The van der Waals surface area contributed by atoms with E-state index in [1.807, 2.05) is 0 Å². The van der Waals surface area contributed by atoms with Crippen molar-refractivity contribution in [2.75, 3.05) is 13.1 Å². The van der Waals surface area contributed by atoms with Gasteiger partial charge in [0.05, 0.1) is 0 Å². The van der Waals surface area contributed by atoms with E-state index in [1.54, 1.807) is 0 Å². The Morgan fingerprint density at radius 1 is 1.45 bits per heavy atom. The number of unbranched alkanes of at least 4 members (excludes halogenated alkanes) is 1. The molecule has 0 aliphatic heterocycles. The van der Waals surface area contributed by atoms with Crippen molar-refractivity contribution in [3.05, 3.63) is 11.6 Å². The third-order valence-electron chi connectivity index (χ3n) is 1.60. The van der Waals surface area contributed by atoms with E-state index in [2.05, 4.69) is 32.2 Å². The average Bonchev–Trinajstić information content (AvgIpc) is 1.98. The van der Waals surface area contributed by atoms with Crippen LogP contribution in [0.4, 0.5) is 0 Å². The van der Waals surface area contributed by atoms with Gasteiger partial charge in [-0.25, -0.2) is 0 Å². The minimum absolute atomic E-state index is 0. The van der Waals surface area contributed by atoms with E-state index in [-0.39, 0.29) is 12.4 Å². The largest absolute Gasteiger partial charge is 0.313 e. The molecule has 0 unspecified atom stereocenters. The molecule has 0 saturated carbocycles. The maximum atomic E-state index is 3.37. The van der Waals surface area contributed by atoms with Crippen LogP contribution in [0.15, 0.2) is 11.6 Å². The molecule has 0 aromatic rings. The molecule has 0 bridgehead atoms. The summed E-state index contributed by atoms with van der Waals surface area (Å²) in [5.41, 5.74) is 1.43. The van der Waals surface area contributed by atoms with Gasteiger partial charge in [0, 0.05) is 6.54 Å². The van der Waals surface area contributed by atoms with Gasteiger partial charge in [-0.1, -0.05) is 25.0 Å². The maximum Gasteiger partial charge on any atom is 0.0161 e. The third-order valence-corrected chi connectivity index (χ3v) is 1.60. The molecule has 0 radical (unpaired) electrons. The van der Waals surface area contributed by atoms with Crippen LogP contribution in [-0.4, -0.2) is 13.1 Å². The Bertz CT molecular complexity index is 99.7. The van der Waals surface area contributed by atoms with E-state index in [4.69, 9.17) is 0 Å². The quantitative estimate of drug-likeness (QED) is 0.503. The standard InChI is InChI=1S/C9H19N.ClH/c1-4-6-7-10-8-9(3)5-2;/h5,10H,4,6-8H2,1-3H3;1H. The van der Waals surface area contributed by atoms with Crippen molar-refractivity contribution in [1.82, 2.24) is 5.32 Å². The maximum absolute atomic E-state index is 3.37. The number of hydrogen-bond acceptors (Lipinski definition) is 1. The zero-order valence-corrected chi connectivity index (χ0v) is 8.63. The molecule has 0 rings (SSSR count). The van der Waals surface area contributed by atoms with Crippen molar-refractivity contribution in [3.63, 3.8) is 0 Å². The summed E-state index contributed by atoms with van der Waals surface area (Å²) in [6.07, 6.45) is 4.72. The van der Waals surface area contributed by atoms with Crippen LogP contribution < -0.4 is 5.32 Å². The Morgan fingerprint density at radius 3 is 2.55 bits per heavy atom. The Labute approximate surface area is 76.7 Å². The predicted molar refractivity (Wildman–Crippen MR) is 54.5 cm³/mol. The fraction of sp³-hybridized carbons (Fsp3) is 0.778. The summed E-state index contributed by atoms with van der Waals surface area (Å²) in [7, 11) is 0. The molecule has 2 heteroatoms. The smallest absolute Gasteiger partial charge is 0.0161 e. The molecule has 0 saturated heterocycles. The SMILES string of the molecule is CC=C(C)CNCCCC.Cl. The second kappa shape index (κ2) is 9.99. The fourth-order valence-corrected chi connectivity index (χ4v) is 0.689. The highest BCUT2D eigenvalue weighted by atomic mass is 35.5. The van der Waals surface area contributed by atoms with Crippen molar-refractivity contribution in [2.45, 2.75) is 33.6 Å². The minimum Gasteiger partial charge on any atom is -0.313 e. The first kappa shape index (κ1) is 13.6. The summed E-state index contributed by atoms with van der Waals surface area (Å²) in [5.74, 6) is 0. The lowest BCUT2D eigenvalue weighted by molar-refractivity contribution is 0.671. The van der Waals surface area contributed by atoms with E-state index >= 15 is 0 Å². The molecule has 68 valence electrons. The highest BCUT2D eigenvalue weighted by molar-refractivity contribution is 5.85. The molecule has 0 heterocycles. The van der Waals surface area contributed by atoms with Crippen LogP contribution in [0.2, 0.25) is 0 Å². The summed E-state index contributed by atoms with van der Waals surface area (Å²) < 4.78 is 0. The van der Waals surface area contributed by atoms with Crippen LogP contribution >= 0.6 is 12.4 Å². The van der Waals surface area contributed by atoms with Gasteiger partial charge in [0.1, 0.15) is 0 Å². The topological polar surface area (TPSA) is 12.0 Å². The number of halogens is 1. The summed E-state index contributed by atoms with van der Waals surface area (Å²) in [6.45, 7) is 8.65. The molecule has 0 aromatic carbocycles. The van der Waals surface area contributed by atoms with Crippen LogP contribution in [0.5, 0.6) is 0 Å². The van der Waals surface area contributed by atoms with E-state index in [0.29, 0.717) is 0 Å². The van der Waals surface area contributed by atoms with Crippen LogP contribution in [0, 0.1) is 0 Å². The Morgan fingerprint density at radius 2 is 2.09 bits per heavy atom. The first-order valence-electron chi connectivity index (χ1n) is 4.13. The molecule has 1 N–H and O–H groups in total. The summed E-state index contributed by atoms with van der Waals surface area (Å²) in [6, 6.07) is 0. The van der Waals surface area contributed by atoms with E-state index in [9.17, 15) is 0 Å². The lowest BCUT2D eigenvalue weighted by Crippen LogP contribution is -2.17. The van der Waals surface area contributed by atoms with Crippen LogP contribution in [0.3, 0.4) is 0 Å². The molecular weight excluding hydrogens is 158 g/mol. The van der Waals surface area contributed by atoms with Crippen LogP contribution in [-0.2, 0) is 0 Å². The van der Waals surface area contributed by atoms with Crippen LogP contribution in [0.25, 0.3) is 0 Å². The van der Waals surface area contributed by atoms with Crippen LogP contribution in [0.1, 0.15) is 33.6 Å². The fourth-order valence-electron chi connectivity index (χ4n) is 0.689. The van der Waals surface area contributed by atoms with Gasteiger partial charge in [0.2, 0.25) is 0 Å². The average molecular weight is 178 g/mol. The molecule has 11 heavy (non-hydrogen) atoms. The van der Waals surface area contributed by atoms with Gasteiger partial charge in [-0.3, -0.25) is 0 Å². The molecule has 0 aromatic heterocycles. The van der Waals surface area contributed by atoms with Gasteiger partial charge in [0.25, 0.3) is 0 Å². The molecule has 0 aliphatic carbocycles. The Hall–Kier alpha value is -0.0100. The molecule has 0 atom stereocenters. The predicted octanol–water partition coefficient (Wildman–Crippen LogP) is 2.76. The van der Waals surface area contributed by atoms with Gasteiger partial charge in [-0.05, 0) is 26.8 Å². The summed E-state index contributed by atoms with van der Waals surface area (Å²) in [4.78, 5) is 0. The molecule has 0 fully saturated rings. The van der Waals surface area contributed by atoms with E-state index < -0.39 is 0 Å². The third kappa shape index (κ3) is 9.99. The molecule has 0 aliphatic rings. The first-order valence-corrected chi connectivity index (χ1v) is 4.13. The number of allylic oxidation sites excluding steroid dienone is 1. The number of nitrogens with one attached hydrogen (secondary N) is 1. The van der Waals surface area contributed by atoms with Crippen molar-refractivity contribution >= 4 is 12.4 Å². The highest BCUT2D eigenvalue weighted by Gasteiger charge is 1.86. The molecular formula is C9H20ClN. The van der Waals surface area contributed by atoms with E-state index in [1.165, 1.54) is 18.4 Å². The second-order valence-electron chi connectivity index (χ2n) is 2.67. The minimum atomic E-state index is 0. The normalized spacial score (nSPS) is 11.0. The molecule has 0 spiro atoms. The van der Waals surface area contributed by atoms with Gasteiger partial charge in [0.15, 0.2) is 0 Å². The van der Waals surface area contributed by atoms with Crippen molar-refractivity contribution in [2.24, 2.45) is 0 Å². The zero-order chi connectivity index (χ0) is 7.82. The number of hydrogen-bond donors (Lipinski definition) is 1. The molecule has 1 nitrogen and oxygen atoms in total. The highest BCUT2D eigenvalue weighted by Crippen LogP contribution is 1.88. The second-order valence-corrected chi connectivity index (χ2v) is 2.67. The summed E-state index contributed by atoms with van der Waals surface area (Å²) >= 11 is 0. The van der Waals surface area contributed by atoms with Gasteiger partial charge in [-0.15, -0.1) is 12.4 Å². The van der Waals surface area contributed by atoms with Crippen molar-refractivity contribution < 1.29 is 0 Å². The lowest BCUT2D eigenvalue weighted by atomic mass is 10.3. The number of rotatable bonds is 5. The van der Waals surface area contributed by atoms with Gasteiger partial charge in [-0.2, -0.15) is 0 Å². The zero-order valence-electron chi connectivity index (χ0n) is 7.81. The van der Waals surface area contributed by atoms with E-state index in [0.717, 1.165) is 13.1 Å². The molecule has 0 amide bonds.